The predicted octanol–water partition coefficient (Wildman–Crippen LogP) is 4.70. The van der Waals surface area contributed by atoms with Gasteiger partial charge in [0.2, 0.25) is 0 Å². The molecule has 1 heterocycles. The maximum Gasteiger partial charge on any atom is 0.415 e. The summed E-state index contributed by atoms with van der Waals surface area (Å²) < 4.78 is 10.7. The lowest BCUT2D eigenvalue weighted by atomic mass is 10.2. The van der Waals surface area contributed by atoms with E-state index in [-0.39, 0.29) is 6.09 Å². The van der Waals surface area contributed by atoms with Gasteiger partial charge in [-0.1, -0.05) is 0 Å². The van der Waals surface area contributed by atoms with Crippen LogP contribution in [0, 0.1) is 0 Å². The SMILES string of the molecule is COc1ccc(N(Cc2ccsc2)C(=O)OC(C)(C)C)cc1. The van der Waals surface area contributed by atoms with Gasteiger partial charge in [0.1, 0.15) is 11.4 Å². The number of anilines is 1. The Labute approximate surface area is 135 Å². The third kappa shape index (κ3) is 4.49. The number of nitrogens with zero attached hydrogens (tertiary/aromatic N) is 1. The summed E-state index contributed by atoms with van der Waals surface area (Å²) in [4.78, 5) is 14.1. The fourth-order valence-electron chi connectivity index (χ4n) is 1.91. The molecule has 1 aromatic heterocycles. The number of carbonyl (C=O) groups excluding carboxylic acids is 1. The monoisotopic (exact) mass is 319 g/mol. The summed E-state index contributed by atoms with van der Waals surface area (Å²) in [5.41, 5.74) is 1.32. The lowest BCUT2D eigenvalue weighted by molar-refractivity contribution is 0.0577. The van der Waals surface area contributed by atoms with Gasteiger partial charge >= 0.3 is 6.09 Å². The second kappa shape index (κ2) is 6.83. The number of rotatable bonds is 4. The van der Waals surface area contributed by atoms with E-state index in [9.17, 15) is 4.79 Å². The van der Waals surface area contributed by atoms with Crippen molar-refractivity contribution in [2.24, 2.45) is 0 Å². The first kappa shape index (κ1) is 16.4. The molecular formula is C17H21NO3S. The molecule has 0 spiro atoms. The van der Waals surface area contributed by atoms with Gasteiger partial charge in [0.05, 0.1) is 13.7 Å². The molecule has 1 amide bonds. The maximum atomic E-state index is 12.5. The van der Waals surface area contributed by atoms with Crippen LogP contribution < -0.4 is 9.64 Å². The van der Waals surface area contributed by atoms with Gasteiger partial charge in [-0.2, -0.15) is 11.3 Å². The molecule has 2 aromatic rings. The van der Waals surface area contributed by atoms with Gasteiger partial charge in [-0.15, -0.1) is 0 Å². The number of amides is 1. The number of ether oxygens (including phenoxy) is 2. The van der Waals surface area contributed by atoms with Crippen LogP contribution in [0.5, 0.6) is 5.75 Å². The molecule has 5 heteroatoms. The number of thiophene rings is 1. The zero-order valence-corrected chi connectivity index (χ0v) is 14.1. The first-order valence-corrected chi connectivity index (χ1v) is 7.99. The van der Waals surface area contributed by atoms with E-state index in [4.69, 9.17) is 9.47 Å². The molecule has 4 nitrogen and oxygen atoms in total. The molecule has 0 unspecified atom stereocenters. The van der Waals surface area contributed by atoms with Gasteiger partial charge in [0.15, 0.2) is 0 Å². The molecular weight excluding hydrogens is 298 g/mol. The van der Waals surface area contributed by atoms with Crippen molar-refractivity contribution in [3.8, 4) is 5.75 Å². The highest BCUT2D eigenvalue weighted by Crippen LogP contribution is 2.24. The van der Waals surface area contributed by atoms with Gasteiger partial charge in [0, 0.05) is 5.69 Å². The standard InChI is InChI=1S/C17H21NO3S/c1-17(2,3)21-16(19)18(11-13-9-10-22-12-13)14-5-7-15(20-4)8-6-14/h5-10,12H,11H2,1-4H3. The molecule has 0 aliphatic rings. The van der Waals surface area contributed by atoms with Crippen molar-refractivity contribution in [2.45, 2.75) is 32.9 Å². The van der Waals surface area contributed by atoms with Gasteiger partial charge in [-0.3, -0.25) is 4.90 Å². The van der Waals surface area contributed by atoms with Gasteiger partial charge in [0.25, 0.3) is 0 Å². The third-order valence-electron chi connectivity index (χ3n) is 2.92. The van der Waals surface area contributed by atoms with E-state index < -0.39 is 5.60 Å². The zero-order chi connectivity index (χ0) is 16.2. The van der Waals surface area contributed by atoms with Crippen molar-refractivity contribution in [2.75, 3.05) is 12.0 Å². The molecule has 0 fully saturated rings. The first-order chi connectivity index (χ1) is 10.4. The van der Waals surface area contributed by atoms with Crippen LogP contribution in [-0.2, 0) is 11.3 Å². The van der Waals surface area contributed by atoms with Crippen LogP contribution in [0.25, 0.3) is 0 Å². The van der Waals surface area contributed by atoms with Crippen LogP contribution >= 0.6 is 11.3 Å². The third-order valence-corrected chi connectivity index (χ3v) is 3.65. The number of hydrogen-bond donors (Lipinski definition) is 0. The Kier molecular flexibility index (Phi) is 5.08. The number of methoxy groups -OCH3 is 1. The first-order valence-electron chi connectivity index (χ1n) is 7.05. The van der Waals surface area contributed by atoms with E-state index in [0.29, 0.717) is 6.54 Å². The minimum Gasteiger partial charge on any atom is -0.497 e. The lowest BCUT2D eigenvalue weighted by Gasteiger charge is -2.27. The molecule has 118 valence electrons. The molecule has 0 N–H and O–H groups in total. The van der Waals surface area contributed by atoms with Gasteiger partial charge in [-0.05, 0) is 67.4 Å². The fraction of sp³-hybridized carbons (Fsp3) is 0.353. The van der Waals surface area contributed by atoms with E-state index in [1.165, 1.54) is 0 Å². The Bertz CT molecular complexity index is 600. The fourth-order valence-corrected chi connectivity index (χ4v) is 2.57. The molecule has 1 aromatic carbocycles. The molecule has 0 atom stereocenters. The van der Waals surface area contributed by atoms with Crippen LogP contribution in [0.3, 0.4) is 0 Å². The van der Waals surface area contributed by atoms with E-state index in [1.54, 1.807) is 23.3 Å². The maximum absolute atomic E-state index is 12.5. The molecule has 0 saturated heterocycles. The largest absolute Gasteiger partial charge is 0.497 e. The molecule has 0 bridgehead atoms. The zero-order valence-electron chi connectivity index (χ0n) is 13.3. The summed E-state index contributed by atoms with van der Waals surface area (Å²) in [7, 11) is 1.62. The minimum atomic E-state index is -0.531. The van der Waals surface area contributed by atoms with Gasteiger partial charge in [-0.25, -0.2) is 4.79 Å². The Morgan fingerprint density at radius 2 is 1.86 bits per heavy atom. The van der Waals surface area contributed by atoms with Crippen molar-refractivity contribution < 1.29 is 14.3 Å². The van der Waals surface area contributed by atoms with E-state index >= 15 is 0 Å². The van der Waals surface area contributed by atoms with Crippen LogP contribution in [0.4, 0.5) is 10.5 Å². The molecule has 0 radical (unpaired) electrons. The van der Waals surface area contributed by atoms with E-state index in [0.717, 1.165) is 17.0 Å². The molecule has 0 aliphatic heterocycles. The highest BCUT2D eigenvalue weighted by Gasteiger charge is 2.23. The van der Waals surface area contributed by atoms with Crippen LogP contribution in [-0.4, -0.2) is 18.8 Å². The summed E-state index contributed by atoms with van der Waals surface area (Å²) in [5.74, 6) is 0.753. The van der Waals surface area contributed by atoms with Crippen molar-refractivity contribution in [1.29, 1.82) is 0 Å². The molecule has 0 saturated carbocycles. The molecule has 0 aliphatic carbocycles. The Morgan fingerprint density at radius 3 is 2.36 bits per heavy atom. The Balaban J connectivity index is 2.25. The number of carbonyl (C=O) groups is 1. The lowest BCUT2D eigenvalue weighted by Crippen LogP contribution is -2.36. The number of benzene rings is 1. The average Bonchev–Trinajstić information content (AvgIpc) is 2.96. The minimum absolute atomic E-state index is 0.358. The van der Waals surface area contributed by atoms with Crippen molar-refractivity contribution >= 4 is 23.1 Å². The van der Waals surface area contributed by atoms with Crippen LogP contribution in [0.1, 0.15) is 26.3 Å². The molecule has 22 heavy (non-hydrogen) atoms. The highest BCUT2D eigenvalue weighted by molar-refractivity contribution is 7.07. The van der Waals surface area contributed by atoms with E-state index in [2.05, 4.69) is 0 Å². The summed E-state index contributed by atoms with van der Waals surface area (Å²) >= 11 is 1.61. The van der Waals surface area contributed by atoms with Crippen molar-refractivity contribution in [1.82, 2.24) is 0 Å². The van der Waals surface area contributed by atoms with Crippen LogP contribution in [0.15, 0.2) is 41.1 Å². The van der Waals surface area contributed by atoms with E-state index in [1.807, 2.05) is 61.9 Å². The summed E-state index contributed by atoms with van der Waals surface area (Å²) in [6, 6.07) is 9.39. The van der Waals surface area contributed by atoms with Crippen molar-refractivity contribution in [3.05, 3.63) is 46.7 Å². The Hall–Kier alpha value is -2.01. The predicted molar refractivity (Wildman–Crippen MR) is 89.7 cm³/mol. The topological polar surface area (TPSA) is 38.8 Å². The van der Waals surface area contributed by atoms with Crippen LogP contribution in [0.2, 0.25) is 0 Å². The van der Waals surface area contributed by atoms with Crippen molar-refractivity contribution in [3.63, 3.8) is 0 Å². The highest BCUT2D eigenvalue weighted by atomic mass is 32.1. The summed E-state index contributed by atoms with van der Waals surface area (Å²) in [6.07, 6.45) is -0.358. The normalized spacial score (nSPS) is 11.1. The smallest absolute Gasteiger partial charge is 0.415 e. The number of hydrogen-bond acceptors (Lipinski definition) is 4. The molecule has 2 rings (SSSR count). The Morgan fingerprint density at radius 1 is 1.18 bits per heavy atom. The van der Waals surface area contributed by atoms with Gasteiger partial charge < -0.3 is 9.47 Å². The quantitative estimate of drug-likeness (QED) is 0.820. The summed E-state index contributed by atoms with van der Waals surface area (Å²) in [5, 5.41) is 4.03. The summed E-state index contributed by atoms with van der Waals surface area (Å²) in [6.45, 7) is 6.07. The average molecular weight is 319 g/mol. The second-order valence-electron chi connectivity index (χ2n) is 5.90. The second-order valence-corrected chi connectivity index (χ2v) is 6.68.